The Hall–Kier alpha value is -1.33. The highest BCUT2D eigenvalue weighted by atomic mass is 16.6. The minimum atomic E-state index is -0.629. The third-order valence-corrected chi connectivity index (χ3v) is 4.61. The van der Waals surface area contributed by atoms with Gasteiger partial charge in [-0.05, 0) is 11.5 Å². The van der Waals surface area contributed by atoms with Crippen molar-refractivity contribution in [1.29, 1.82) is 0 Å². The Morgan fingerprint density at radius 1 is 1.43 bits per heavy atom. The average Bonchev–Trinajstić information content (AvgIpc) is 2.62. The first-order valence-electron chi connectivity index (χ1n) is 7.31. The quantitative estimate of drug-likeness (QED) is 0.624. The van der Waals surface area contributed by atoms with Crippen molar-refractivity contribution in [2.75, 3.05) is 13.2 Å². The fourth-order valence-electron chi connectivity index (χ4n) is 3.20. The molecule has 1 unspecified atom stereocenters. The topological polar surface area (TPSA) is 44.8 Å². The molecule has 21 heavy (non-hydrogen) atoms. The molecule has 0 aliphatic carbocycles. The number of rotatable bonds is 4. The van der Waals surface area contributed by atoms with Crippen molar-refractivity contribution in [2.45, 2.75) is 31.6 Å². The largest absolute Gasteiger partial charge is 0.461 e. The van der Waals surface area contributed by atoms with Crippen LogP contribution in [-0.4, -0.2) is 38.6 Å². The fraction of sp³-hybridized carbons (Fsp3) is 0.562. The molecule has 4 atom stereocenters. The van der Waals surface area contributed by atoms with E-state index in [9.17, 15) is 4.79 Å². The lowest BCUT2D eigenvalue weighted by molar-refractivity contribution is -0.159. The van der Waals surface area contributed by atoms with Gasteiger partial charge in [0.05, 0.1) is 19.6 Å². The monoisotopic (exact) mass is 286 g/mol. The van der Waals surface area contributed by atoms with Crippen LogP contribution in [0.3, 0.4) is 0 Å². The lowest BCUT2D eigenvalue weighted by Crippen LogP contribution is -2.46. The van der Waals surface area contributed by atoms with E-state index >= 15 is 0 Å². The van der Waals surface area contributed by atoms with Crippen LogP contribution < -0.4 is 0 Å². The molecule has 5 heteroatoms. The van der Waals surface area contributed by atoms with Crippen molar-refractivity contribution in [2.24, 2.45) is 11.8 Å². The van der Waals surface area contributed by atoms with Crippen LogP contribution in [0, 0.1) is 11.8 Å². The van der Waals surface area contributed by atoms with Gasteiger partial charge in [0.2, 0.25) is 0 Å². The van der Waals surface area contributed by atoms with E-state index in [2.05, 4.69) is 6.92 Å². The van der Waals surface area contributed by atoms with Gasteiger partial charge in [-0.3, -0.25) is 4.79 Å². The maximum atomic E-state index is 12.1. The van der Waals surface area contributed by atoms with Crippen LogP contribution in [0.4, 0.5) is 0 Å². The highest BCUT2D eigenvalue weighted by Gasteiger charge is 2.54. The maximum absolute atomic E-state index is 12.1. The standard InChI is InChI=1S/C16H19BO4/c1-11-13-9-19-10-16(11,21-15(13)17)7-14(18)20-8-12-5-3-2-4-6-12/h2-6,11,13,15H,7-10H2,1H3/t11-,13?,15-,16+/m1/s1. The van der Waals surface area contributed by atoms with Gasteiger partial charge < -0.3 is 14.2 Å². The predicted octanol–water partition coefficient (Wildman–Crippen LogP) is 1.67. The molecule has 2 bridgehead atoms. The molecule has 2 fully saturated rings. The first kappa shape index (κ1) is 14.6. The first-order chi connectivity index (χ1) is 10.1. The van der Waals surface area contributed by atoms with Crippen LogP contribution in [0.2, 0.25) is 0 Å². The zero-order valence-electron chi connectivity index (χ0n) is 12.2. The normalized spacial score (nSPS) is 34.6. The van der Waals surface area contributed by atoms with Gasteiger partial charge in [0.25, 0.3) is 0 Å². The van der Waals surface area contributed by atoms with E-state index in [0.29, 0.717) is 13.2 Å². The maximum Gasteiger partial charge on any atom is 0.309 e. The zero-order valence-corrected chi connectivity index (χ0v) is 12.2. The Morgan fingerprint density at radius 3 is 2.95 bits per heavy atom. The van der Waals surface area contributed by atoms with Gasteiger partial charge >= 0.3 is 5.97 Å². The third kappa shape index (κ3) is 2.85. The summed E-state index contributed by atoms with van der Waals surface area (Å²) < 4.78 is 16.8. The predicted molar refractivity (Wildman–Crippen MR) is 77.7 cm³/mol. The number of carbonyl (C=O) groups excluding carboxylic acids is 1. The molecule has 0 saturated carbocycles. The lowest BCUT2D eigenvalue weighted by atomic mass is 9.74. The van der Waals surface area contributed by atoms with Gasteiger partial charge in [-0.2, -0.15) is 0 Å². The van der Waals surface area contributed by atoms with E-state index in [1.807, 2.05) is 30.3 Å². The SMILES string of the molecule is [B][C@@H]1O[C@@]2(CC(=O)OCc3ccccc3)COCC1[C@H]2C. The molecule has 4 nitrogen and oxygen atoms in total. The van der Waals surface area contributed by atoms with Crippen LogP contribution in [0.15, 0.2) is 30.3 Å². The number of carbonyl (C=O) groups is 1. The molecule has 1 aromatic carbocycles. The Bertz CT molecular complexity index is 506. The molecular weight excluding hydrogens is 267 g/mol. The number of ether oxygens (including phenoxy) is 3. The summed E-state index contributed by atoms with van der Waals surface area (Å²) in [4.78, 5) is 12.1. The van der Waals surface area contributed by atoms with Crippen molar-refractivity contribution in [3.8, 4) is 0 Å². The zero-order chi connectivity index (χ0) is 14.9. The summed E-state index contributed by atoms with van der Waals surface area (Å²) in [6.07, 6.45) is 0.186. The summed E-state index contributed by atoms with van der Waals surface area (Å²) in [5, 5.41) is 0. The smallest absolute Gasteiger partial charge is 0.309 e. The molecule has 2 radical (unpaired) electrons. The minimum Gasteiger partial charge on any atom is -0.461 e. The van der Waals surface area contributed by atoms with E-state index in [0.717, 1.165) is 5.56 Å². The Labute approximate surface area is 126 Å². The van der Waals surface area contributed by atoms with Gasteiger partial charge in [-0.1, -0.05) is 37.3 Å². The molecule has 2 aliphatic heterocycles. The van der Waals surface area contributed by atoms with Crippen molar-refractivity contribution >= 4 is 13.8 Å². The molecule has 3 rings (SSSR count). The Kier molecular flexibility index (Phi) is 4.04. The second kappa shape index (κ2) is 5.81. The fourth-order valence-corrected chi connectivity index (χ4v) is 3.20. The molecular formula is C16H19BO4. The summed E-state index contributed by atoms with van der Waals surface area (Å²) in [5.41, 5.74) is 0.342. The van der Waals surface area contributed by atoms with E-state index in [-0.39, 0.29) is 36.8 Å². The van der Waals surface area contributed by atoms with Gasteiger partial charge in [0, 0.05) is 11.9 Å². The number of esters is 1. The van der Waals surface area contributed by atoms with Crippen LogP contribution in [-0.2, 0) is 25.6 Å². The molecule has 0 N–H and O–H groups in total. The highest BCUT2D eigenvalue weighted by molar-refractivity contribution is 6.11. The van der Waals surface area contributed by atoms with Crippen molar-refractivity contribution < 1.29 is 19.0 Å². The number of benzene rings is 1. The van der Waals surface area contributed by atoms with E-state index in [1.165, 1.54) is 0 Å². The van der Waals surface area contributed by atoms with Crippen molar-refractivity contribution in [1.82, 2.24) is 0 Å². The average molecular weight is 286 g/mol. The molecule has 110 valence electrons. The molecule has 0 aromatic heterocycles. The van der Waals surface area contributed by atoms with E-state index in [4.69, 9.17) is 22.1 Å². The molecule has 2 heterocycles. The van der Waals surface area contributed by atoms with Crippen molar-refractivity contribution in [3.05, 3.63) is 35.9 Å². The highest BCUT2D eigenvalue weighted by Crippen LogP contribution is 2.45. The molecule has 0 spiro atoms. The van der Waals surface area contributed by atoms with Gasteiger partial charge in [-0.15, -0.1) is 0 Å². The van der Waals surface area contributed by atoms with Crippen LogP contribution >= 0.6 is 0 Å². The summed E-state index contributed by atoms with van der Waals surface area (Å²) in [6.45, 7) is 3.35. The van der Waals surface area contributed by atoms with E-state index in [1.54, 1.807) is 0 Å². The molecule has 0 amide bonds. The molecule has 1 aromatic rings. The molecule has 2 saturated heterocycles. The van der Waals surface area contributed by atoms with Crippen LogP contribution in [0.1, 0.15) is 18.9 Å². The number of fused-ring (bicyclic) bond motifs is 2. The van der Waals surface area contributed by atoms with Gasteiger partial charge in [0.1, 0.15) is 20.1 Å². The second-order valence-corrected chi connectivity index (χ2v) is 5.94. The second-order valence-electron chi connectivity index (χ2n) is 5.94. The number of hydrogen-bond acceptors (Lipinski definition) is 4. The number of hydrogen-bond donors (Lipinski definition) is 0. The summed E-state index contributed by atoms with van der Waals surface area (Å²) in [6, 6.07) is 9.26. The minimum absolute atomic E-state index is 0.153. The lowest BCUT2D eigenvalue weighted by Gasteiger charge is -2.36. The van der Waals surface area contributed by atoms with Crippen molar-refractivity contribution in [3.63, 3.8) is 0 Å². The summed E-state index contributed by atoms with van der Waals surface area (Å²) >= 11 is 0. The van der Waals surface area contributed by atoms with Crippen LogP contribution in [0.5, 0.6) is 0 Å². The van der Waals surface area contributed by atoms with Gasteiger partial charge in [0.15, 0.2) is 0 Å². The Balaban J connectivity index is 1.59. The first-order valence-corrected chi connectivity index (χ1v) is 7.31. The summed E-state index contributed by atoms with van der Waals surface area (Å²) in [7, 11) is 5.98. The molecule has 2 aliphatic rings. The van der Waals surface area contributed by atoms with Gasteiger partial charge in [-0.25, -0.2) is 0 Å². The Morgan fingerprint density at radius 2 is 2.19 bits per heavy atom. The third-order valence-electron chi connectivity index (χ3n) is 4.61. The summed E-state index contributed by atoms with van der Waals surface area (Å²) in [5.74, 6) is 0.0789. The van der Waals surface area contributed by atoms with E-state index < -0.39 is 5.60 Å². The van der Waals surface area contributed by atoms with Crippen LogP contribution in [0.25, 0.3) is 0 Å².